The van der Waals surface area contributed by atoms with E-state index in [4.69, 9.17) is 0 Å². The second-order valence-electron chi connectivity index (χ2n) is 7.00. The number of carbonyl (C=O) groups excluding carboxylic acids is 2. The first-order chi connectivity index (χ1) is 11.3. The molecule has 0 aromatic carbocycles. The fourth-order valence-corrected chi connectivity index (χ4v) is 3.60. The van der Waals surface area contributed by atoms with Crippen LogP contribution >= 0.6 is 0 Å². The molecule has 1 saturated carbocycles. The van der Waals surface area contributed by atoms with Crippen molar-refractivity contribution in [3.63, 3.8) is 0 Å². The van der Waals surface area contributed by atoms with Crippen LogP contribution in [0.3, 0.4) is 0 Å². The molecule has 1 aliphatic heterocycles. The molecule has 0 aromatic rings. The van der Waals surface area contributed by atoms with Gasteiger partial charge in [-0.05, 0) is 31.6 Å². The summed E-state index contributed by atoms with van der Waals surface area (Å²) in [5.41, 5.74) is 0. The summed E-state index contributed by atoms with van der Waals surface area (Å²) in [6, 6.07) is 0. The molecule has 2 fully saturated rings. The van der Waals surface area contributed by atoms with Crippen LogP contribution in [-0.2, 0) is 9.59 Å². The average Bonchev–Trinajstić information content (AvgIpc) is 2.59. The molecule has 132 valence electrons. The normalized spacial score (nSPS) is 19.6. The number of nitrogens with one attached hydrogen (secondary N) is 2. The number of hydrogen-bond donors (Lipinski definition) is 2. The van der Waals surface area contributed by atoms with Crippen molar-refractivity contribution in [1.82, 2.24) is 15.5 Å². The summed E-state index contributed by atoms with van der Waals surface area (Å²) >= 11 is 0. The van der Waals surface area contributed by atoms with E-state index in [-0.39, 0.29) is 11.8 Å². The quantitative estimate of drug-likeness (QED) is 0.672. The van der Waals surface area contributed by atoms with Crippen molar-refractivity contribution in [3.05, 3.63) is 0 Å². The molecule has 0 spiro atoms. The minimum atomic E-state index is 0.216. The highest BCUT2D eigenvalue weighted by Gasteiger charge is 2.17. The van der Waals surface area contributed by atoms with Gasteiger partial charge in [0.05, 0.1) is 0 Å². The van der Waals surface area contributed by atoms with E-state index in [0.717, 1.165) is 52.0 Å². The number of nitrogens with zero attached hydrogens (tertiary/aromatic N) is 1. The van der Waals surface area contributed by atoms with Gasteiger partial charge >= 0.3 is 0 Å². The molecule has 0 radical (unpaired) electrons. The number of piperazine rings is 1. The van der Waals surface area contributed by atoms with Crippen LogP contribution in [0, 0.1) is 5.92 Å². The van der Waals surface area contributed by atoms with Gasteiger partial charge in [-0.3, -0.25) is 9.59 Å². The van der Waals surface area contributed by atoms with Gasteiger partial charge in [-0.1, -0.05) is 25.7 Å². The zero-order valence-electron chi connectivity index (χ0n) is 14.4. The first-order valence-corrected chi connectivity index (χ1v) is 9.51. The third-order valence-electron chi connectivity index (χ3n) is 5.06. The molecular formula is C18H33N3O2. The maximum absolute atomic E-state index is 12.0. The van der Waals surface area contributed by atoms with Crippen LogP contribution in [0.25, 0.3) is 0 Å². The molecule has 0 aromatic heterocycles. The van der Waals surface area contributed by atoms with E-state index in [2.05, 4.69) is 10.6 Å². The maximum atomic E-state index is 12.0. The van der Waals surface area contributed by atoms with E-state index in [1.807, 2.05) is 4.90 Å². The highest BCUT2D eigenvalue weighted by molar-refractivity contribution is 5.76. The van der Waals surface area contributed by atoms with E-state index in [1.165, 1.54) is 32.1 Å². The molecule has 1 saturated heterocycles. The Morgan fingerprint density at radius 3 is 2.48 bits per heavy atom. The van der Waals surface area contributed by atoms with E-state index < -0.39 is 0 Å². The average molecular weight is 323 g/mol. The lowest BCUT2D eigenvalue weighted by molar-refractivity contribution is -0.132. The van der Waals surface area contributed by atoms with Gasteiger partial charge in [-0.2, -0.15) is 0 Å². The van der Waals surface area contributed by atoms with Gasteiger partial charge in [0.25, 0.3) is 0 Å². The molecule has 23 heavy (non-hydrogen) atoms. The van der Waals surface area contributed by atoms with Gasteiger partial charge in [0.1, 0.15) is 0 Å². The zero-order valence-corrected chi connectivity index (χ0v) is 14.4. The van der Waals surface area contributed by atoms with Crippen LogP contribution in [0.2, 0.25) is 0 Å². The topological polar surface area (TPSA) is 61.4 Å². The van der Waals surface area contributed by atoms with Crippen molar-refractivity contribution >= 4 is 11.8 Å². The molecule has 2 rings (SSSR count). The Balaban J connectivity index is 1.44. The smallest absolute Gasteiger partial charge is 0.222 e. The standard InChI is InChI=1S/C18H33N3O2/c22-17(15-16-7-3-1-4-8-16)20-10-6-2-5-9-18(23)21-13-11-19-12-14-21/h16,19H,1-15H2,(H,20,22). The first-order valence-electron chi connectivity index (χ1n) is 9.51. The highest BCUT2D eigenvalue weighted by atomic mass is 16.2. The van der Waals surface area contributed by atoms with Crippen LogP contribution < -0.4 is 10.6 Å². The molecule has 0 atom stereocenters. The summed E-state index contributed by atoms with van der Waals surface area (Å²) in [4.78, 5) is 25.8. The van der Waals surface area contributed by atoms with E-state index in [9.17, 15) is 9.59 Å². The number of rotatable bonds is 8. The fraction of sp³-hybridized carbons (Fsp3) is 0.889. The SMILES string of the molecule is O=C(CC1CCCCC1)NCCCCCC(=O)N1CCNCC1. The van der Waals surface area contributed by atoms with Crippen molar-refractivity contribution in [2.24, 2.45) is 5.92 Å². The van der Waals surface area contributed by atoms with Crippen molar-refractivity contribution in [2.75, 3.05) is 32.7 Å². The van der Waals surface area contributed by atoms with Crippen molar-refractivity contribution in [1.29, 1.82) is 0 Å². The molecular weight excluding hydrogens is 290 g/mol. The van der Waals surface area contributed by atoms with Crippen molar-refractivity contribution in [2.45, 2.75) is 64.2 Å². The van der Waals surface area contributed by atoms with Crippen molar-refractivity contribution in [3.8, 4) is 0 Å². The minimum absolute atomic E-state index is 0.216. The Bertz CT molecular complexity index is 361. The summed E-state index contributed by atoms with van der Waals surface area (Å²) in [6.07, 6.45) is 10.7. The highest BCUT2D eigenvalue weighted by Crippen LogP contribution is 2.25. The van der Waals surface area contributed by atoms with Gasteiger partial charge in [-0.25, -0.2) is 0 Å². The van der Waals surface area contributed by atoms with Crippen LogP contribution in [-0.4, -0.2) is 49.4 Å². The van der Waals surface area contributed by atoms with E-state index in [1.54, 1.807) is 0 Å². The lowest BCUT2D eigenvalue weighted by Crippen LogP contribution is -2.46. The Labute approximate surface area is 140 Å². The van der Waals surface area contributed by atoms with Crippen LogP contribution in [0.15, 0.2) is 0 Å². The molecule has 5 nitrogen and oxygen atoms in total. The van der Waals surface area contributed by atoms with Gasteiger partial charge < -0.3 is 15.5 Å². The summed E-state index contributed by atoms with van der Waals surface area (Å²) in [6.45, 7) is 4.27. The first kappa shape index (κ1) is 18.2. The number of unbranched alkanes of at least 4 members (excludes halogenated alkanes) is 2. The lowest BCUT2D eigenvalue weighted by Gasteiger charge is -2.27. The monoisotopic (exact) mass is 323 g/mol. The summed E-state index contributed by atoms with van der Waals surface area (Å²) in [5.74, 6) is 1.11. The maximum Gasteiger partial charge on any atom is 0.222 e. The third-order valence-corrected chi connectivity index (χ3v) is 5.06. The molecule has 1 aliphatic carbocycles. The lowest BCUT2D eigenvalue weighted by atomic mass is 9.87. The van der Waals surface area contributed by atoms with E-state index in [0.29, 0.717) is 18.8 Å². The summed E-state index contributed by atoms with van der Waals surface area (Å²) in [5, 5.41) is 6.30. The zero-order chi connectivity index (χ0) is 16.3. The summed E-state index contributed by atoms with van der Waals surface area (Å²) in [7, 11) is 0. The van der Waals surface area contributed by atoms with Gasteiger partial charge in [0.2, 0.25) is 11.8 Å². The number of carbonyl (C=O) groups is 2. The number of hydrogen-bond acceptors (Lipinski definition) is 3. The Kier molecular flexibility index (Phi) is 8.43. The number of amides is 2. The largest absolute Gasteiger partial charge is 0.356 e. The van der Waals surface area contributed by atoms with Gasteiger partial charge in [0.15, 0.2) is 0 Å². The van der Waals surface area contributed by atoms with Gasteiger partial charge in [0, 0.05) is 45.6 Å². The van der Waals surface area contributed by atoms with Crippen LogP contribution in [0.4, 0.5) is 0 Å². The molecule has 0 bridgehead atoms. The fourth-order valence-electron chi connectivity index (χ4n) is 3.60. The summed E-state index contributed by atoms with van der Waals surface area (Å²) < 4.78 is 0. The van der Waals surface area contributed by atoms with Crippen LogP contribution in [0.1, 0.15) is 64.2 Å². The third kappa shape index (κ3) is 7.34. The van der Waals surface area contributed by atoms with Gasteiger partial charge in [-0.15, -0.1) is 0 Å². The predicted molar refractivity (Wildman–Crippen MR) is 92.1 cm³/mol. The Morgan fingerprint density at radius 1 is 1.00 bits per heavy atom. The van der Waals surface area contributed by atoms with E-state index >= 15 is 0 Å². The molecule has 1 heterocycles. The Hall–Kier alpha value is -1.10. The van der Waals surface area contributed by atoms with Crippen LogP contribution in [0.5, 0.6) is 0 Å². The molecule has 2 amide bonds. The predicted octanol–water partition coefficient (Wildman–Crippen LogP) is 2.07. The minimum Gasteiger partial charge on any atom is -0.356 e. The molecule has 5 heteroatoms. The second kappa shape index (κ2) is 10.6. The van der Waals surface area contributed by atoms with Crippen molar-refractivity contribution < 1.29 is 9.59 Å². The Morgan fingerprint density at radius 2 is 1.74 bits per heavy atom. The molecule has 0 unspecified atom stereocenters. The second-order valence-corrected chi connectivity index (χ2v) is 7.00. The molecule has 2 N–H and O–H groups in total. The molecule has 2 aliphatic rings.